The fourth-order valence-corrected chi connectivity index (χ4v) is 2.33. The maximum atomic E-state index is 11.9. The molecule has 6 nitrogen and oxygen atoms in total. The van der Waals surface area contributed by atoms with E-state index in [-0.39, 0.29) is 25.0 Å². The number of halogens is 2. The summed E-state index contributed by atoms with van der Waals surface area (Å²) < 4.78 is 15.0. The lowest BCUT2D eigenvalue weighted by atomic mass is 10.0. The van der Waals surface area contributed by atoms with Crippen molar-refractivity contribution >= 4 is 49.9 Å². The number of benzene rings is 1. The summed E-state index contributed by atoms with van der Waals surface area (Å²) in [5, 5.41) is 0. The topological polar surface area (TPSA) is 78.9 Å². The highest BCUT2D eigenvalue weighted by molar-refractivity contribution is 9.10. The number of Topliss-reactive ketones (excluding diaryl/α,β-unsaturated/α-hetero) is 1. The third-order valence-electron chi connectivity index (χ3n) is 3.59. The monoisotopic (exact) mass is 520 g/mol. The molecule has 0 heterocycles. The standard InChI is InChI=1S/C20H26Br2O6/c1-19(2,21)17(24)6-5-7-26-15-10-14(13-23)11-16(12-15)27-8-9-28-18(25)20(3,4)22/h10-13H,5-9H2,1-4H3. The van der Waals surface area contributed by atoms with Crippen LogP contribution in [0.25, 0.3) is 0 Å². The van der Waals surface area contributed by atoms with Crippen molar-refractivity contribution in [2.24, 2.45) is 0 Å². The third-order valence-corrected chi connectivity index (χ3v) is 4.36. The number of carbonyl (C=O) groups is 3. The Balaban J connectivity index is 2.53. The first-order chi connectivity index (χ1) is 12.9. The second-order valence-corrected chi connectivity index (χ2v) is 11.1. The van der Waals surface area contributed by atoms with Gasteiger partial charge in [0.05, 0.1) is 10.9 Å². The Labute approximate surface area is 182 Å². The Morgan fingerprint density at radius 1 is 0.929 bits per heavy atom. The van der Waals surface area contributed by atoms with Gasteiger partial charge in [-0.25, -0.2) is 0 Å². The molecular formula is C20H26Br2O6. The summed E-state index contributed by atoms with van der Waals surface area (Å²) >= 11 is 6.56. The van der Waals surface area contributed by atoms with Gasteiger partial charge in [0.2, 0.25) is 0 Å². The molecule has 1 rings (SSSR count). The lowest BCUT2D eigenvalue weighted by molar-refractivity contribution is -0.146. The predicted octanol–water partition coefficient (Wildman–Crippen LogP) is 4.50. The zero-order valence-corrected chi connectivity index (χ0v) is 19.7. The van der Waals surface area contributed by atoms with E-state index < -0.39 is 8.65 Å². The van der Waals surface area contributed by atoms with Crippen molar-refractivity contribution in [1.82, 2.24) is 0 Å². The number of aldehydes is 1. The van der Waals surface area contributed by atoms with E-state index in [4.69, 9.17) is 14.2 Å². The molecule has 156 valence electrons. The van der Waals surface area contributed by atoms with Crippen molar-refractivity contribution < 1.29 is 28.6 Å². The SMILES string of the molecule is CC(C)(Br)C(=O)CCCOc1cc(C=O)cc(OCCOC(=O)C(C)(C)Br)c1. The summed E-state index contributed by atoms with van der Waals surface area (Å²) in [6.07, 6.45) is 1.65. The van der Waals surface area contributed by atoms with Crippen molar-refractivity contribution in [2.45, 2.75) is 49.2 Å². The molecule has 0 unspecified atom stereocenters. The van der Waals surface area contributed by atoms with E-state index in [9.17, 15) is 14.4 Å². The number of alkyl halides is 2. The molecule has 0 saturated carbocycles. The molecule has 0 N–H and O–H groups in total. The van der Waals surface area contributed by atoms with Crippen molar-refractivity contribution in [3.8, 4) is 11.5 Å². The van der Waals surface area contributed by atoms with Gasteiger partial charge in [-0.2, -0.15) is 0 Å². The van der Waals surface area contributed by atoms with Crippen LogP contribution in [0.5, 0.6) is 11.5 Å². The molecule has 28 heavy (non-hydrogen) atoms. The average molecular weight is 522 g/mol. The summed E-state index contributed by atoms with van der Waals surface area (Å²) in [4.78, 5) is 34.7. The maximum Gasteiger partial charge on any atom is 0.322 e. The summed E-state index contributed by atoms with van der Waals surface area (Å²) in [6, 6.07) is 4.83. The van der Waals surface area contributed by atoms with E-state index >= 15 is 0 Å². The van der Waals surface area contributed by atoms with Gasteiger partial charge in [0.15, 0.2) is 0 Å². The number of carbonyl (C=O) groups excluding carboxylic acids is 3. The molecule has 0 aromatic heterocycles. The Morgan fingerprint density at radius 3 is 2.00 bits per heavy atom. The Bertz CT molecular complexity index is 637. The molecule has 0 aliphatic rings. The highest BCUT2D eigenvalue weighted by Gasteiger charge is 2.25. The molecule has 0 radical (unpaired) electrons. The van der Waals surface area contributed by atoms with E-state index in [2.05, 4.69) is 31.9 Å². The van der Waals surface area contributed by atoms with Gasteiger partial charge in [-0.05, 0) is 46.2 Å². The summed E-state index contributed by atoms with van der Waals surface area (Å²) in [7, 11) is 0. The number of hydrogen-bond donors (Lipinski definition) is 0. The molecule has 0 aliphatic heterocycles. The summed E-state index contributed by atoms with van der Waals surface area (Å²) in [6.45, 7) is 7.58. The lowest BCUT2D eigenvalue weighted by Gasteiger charge is -2.15. The van der Waals surface area contributed by atoms with E-state index in [1.54, 1.807) is 32.0 Å². The normalized spacial score (nSPS) is 11.6. The van der Waals surface area contributed by atoms with Crippen LogP contribution in [0.3, 0.4) is 0 Å². The molecule has 1 aromatic carbocycles. The quantitative estimate of drug-likeness (QED) is 0.174. The average Bonchev–Trinajstić information content (AvgIpc) is 2.60. The van der Waals surface area contributed by atoms with Crippen LogP contribution in [0.4, 0.5) is 0 Å². The van der Waals surface area contributed by atoms with Crippen LogP contribution in [-0.2, 0) is 14.3 Å². The van der Waals surface area contributed by atoms with Crippen LogP contribution in [0.1, 0.15) is 50.9 Å². The molecule has 0 fully saturated rings. The Kier molecular flexibility index (Phi) is 9.63. The maximum absolute atomic E-state index is 11.9. The molecule has 0 saturated heterocycles. The Morgan fingerprint density at radius 2 is 1.50 bits per heavy atom. The molecule has 0 amide bonds. The minimum atomic E-state index is -0.753. The van der Waals surface area contributed by atoms with E-state index in [1.165, 1.54) is 0 Å². The van der Waals surface area contributed by atoms with Crippen molar-refractivity contribution in [2.75, 3.05) is 19.8 Å². The fourth-order valence-electron chi connectivity index (χ4n) is 2.01. The highest BCUT2D eigenvalue weighted by Crippen LogP contribution is 2.24. The first-order valence-electron chi connectivity index (χ1n) is 8.87. The zero-order chi connectivity index (χ0) is 21.4. The smallest absolute Gasteiger partial charge is 0.322 e. The van der Waals surface area contributed by atoms with Crippen LogP contribution in [0, 0.1) is 0 Å². The lowest BCUT2D eigenvalue weighted by Crippen LogP contribution is -2.28. The number of hydrogen-bond acceptors (Lipinski definition) is 6. The molecule has 0 spiro atoms. The van der Waals surface area contributed by atoms with Gasteiger partial charge >= 0.3 is 5.97 Å². The van der Waals surface area contributed by atoms with Gasteiger partial charge < -0.3 is 14.2 Å². The van der Waals surface area contributed by atoms with Gasteiger partial charge in [0.1, 0.15) is 41.1 Å². The molecule has 8 heteroatoms. The largest absolute Gasteiger partial charge is 0.493 e. The van der Waals surface area contributed by atoms with Crippen molar-refractivity contribution in [1.29, 1.82) is 0 Å². The van der Waals surface area contributed by atoms with Crippen LogP contribution in [-0.4, -0.2) is 46.5 Å². The number of rotatable bonds is 12. The minimum absolute atomic E-state index is 0.0831. The van der Waals surface area contributed by atoms with E-state index in [1.807, 2.05) is 13.8 Å². The van der Waals surface area contributed by atoms with Gasteiger partial charge in [-0.1, -0.05) is 31.9 Å². The highest BCUT2D eigenvalue weighted by atomic mass is 79.9. The van der Waals surface area contributed by atoms with Crippen LogP contribution in [0.2, 0.25) is 0 Å². The summed E-state index contributed by atoms with van der Waals surface area (Å²) in [5.41, 5.74) is 0.406. The van der Waals surface area contributed by atoms with Crippen LogP contribution in [0.15, 0.2) is 18.2 Å². The van der Waals surface area contributed by atoms with Crippen molar-refractivity contribution in [3.63, 3.8) is 0 Å². The van der Waals surface area contributed by atoms with Gasteiger partial charge in [-0.15, -0.1) is 0 Å². The Hall–Kier alpha value is -1.41. The van der Waals surface area contributed by atoms with E-state index in [0.29, 0.717) is 42.8 Å². The van der Waals surface area contributed by atoms with Crippen LogP contribution < -0.4 is 9.47 Å². The first-order valence-corrected chi connectivity index (χ1v) is 10.5. The van der Waals surface area contributed by atoms with Gasteiger partial charge in [0.25, 0.3) is 0 Å². The predicted molar refractivity (Wildman–Crippen MR) is 114 cm³/mol. The molecule has 0 aliphatic carbocycles. The second-order valence-electron chi connectivity index (χ2n) is 7.16. The van der Waals surface area contributed by atoms with Gasteiger partial charge in [-0.3, -0.25) is 14.4 Å². The zero-order valence-electron chi connectivity index (χ0n) is 16.6. The third kappa shape index (κ3) is 9.19. The van der Waals surface area contributed by atoms with Crippen LogP contribution >= 0.6 is 31.9 Å². The second kappa shape index (κ2) is 11.0. The van der Waals surface area contributed by atoms with Gasteiger partial charge in [0, 0.05) is 18.1 Å². The fraction of sp³-hybridized carbons (Fsp3) is 0.550. The molecule has 1 aromatic rings. The molecule has 0 bridgehead atoms. The van der Waals surface area contributed by atoms with E-state index in [0.717, 1.165) is 0 Å². The number of ketones is 1. The number of ether oxygens (including phenoxy) is 3. The summed E-state index contributed by atoms with van der Waals surface area (Å²) in [5.74, 6) is 0.626. The minimum Gasteiger partial charge on any atom is -0.493 e. The van der Waals surface area contributed by atoms with Crippen molar-refractivity contribution in [3.05, 3.63) is 23.8 Å². The molecular weight excluding hydrogens is 496 g/mol. The molecule has 0 atom stereocenters. The number of esters is 1. The first kappa shape index (κ1) is 24.6.